The highest BCUT2D eigenvalue weighted by Gasteiger charge is 2.32. The standard InChI is InChI=1S/C26H25Cl2F3N4O5S/c1-34(20-11-12-22(33-15-20)26(29,30)31)24(36)17-7-9-19(10-8-17)35(16-18-5-3-6-21(27)23(18)28)41(38,39)14-4-13-32-25(37)40-2/h3,5-12,15H,4,13-14,16H2,1-2H3,(H,32,37). The number of hydrogen-bond acceptors (Lipinski definition) is 6. The van der Waals surface area contributed by atoms with Gasteiger partial charge in [-0.15, -0.1) is 0 Å². The van der Waals surface area contributed by atoms with Crippen molar-refractivity contribution in [3.63, 3.8) is 0 Å². The maximum atomic E-state index is 13.4. The Morgan fingerprint density at radius 2 is 1.68 bits per heavy atom. The second-order valence-electron chi connectivity index (χ2n) is 8.62. The summed E-state index contributed by atoms with van der Waals surface area (Å²) in [5, 5.41) is 2.84. The van der Waals surface area contributed by atoms with E-state index in [0.29, 0.717) is 5.56 Å². The minimum Gasteiger partial charge on any atom is -0.453 e. The van der Waals surface area contributed by atoms with Gasteiger partial charge in [0.1, 0.15) is 5.69 Å². The topological polar surface area (TPSA) is 109 Å². The Balaban J connectivity index is 1.85. The van der Waals surface area contributed by atoms with Gasteiger partial charge in [0.15, 0.2) is 0 Å². The lowest BCUT2D eigenvalue weighted by Crippen LogP contribution is -2.34. The minimum atomic E-state index is -4.61. The fourth-order valence-corrected chi connectivity index (χ4v) is 5.52. The van der Waals surface area contributed by atoms with Crippen molar-refractivity contribution >= 4 is 56.6 Å². The zero-order valence-electron chi connectivity index (χ0n) is 21.8. The van der Waals surface area contributed by atoms with Gasteiger partial charge in [0.25, 0.3) is 5.91 Å². The highest BCUT2D eigenvalue weighted by Crippen LogP contribution is 2.31. The highest BCUT2D eigenvalue weighted by molar-refractivity contribution is 7.92. The Bertz CT molecular complexity index is 1490. The first kappa shape index (κ1) is 32.0. The first-order valence-corrected chi connectivity index (χ1v) is 14.3. The van der Waals surface area contributed by atoms with Crippen LogP contribution in [-0.2, 0) is 27.5 Å². The summed E-state index contributed by atoms with van der Waals surface area (Å²) < 4.78 is 70.8. The molecule has 1 heterocycles. The third kappa shape index (κ3) is 8.24. The van der Waals surface area contributed by atoms with Crippen molar-refractivity contribution in [3.05, 3.63) is 87.7 Å². The number of rotatable bonds is 10. The lowest BCUT2D eigenvalue weighted by molar-refractivity contribution is -0.141. The molecule has 2 amide bonds. The zero-order chi connectivity index (χ0) is 30.4. The number of aromatic nitrogens is 1. The number of pyridine rings is 1. The molecule has 0 aliphatic rings. The van der Waals surface area contributed by atoms with Gasteiger partial charge in [-0.3, -0.25) is 9.10 Å². The molecule has 2 aromatic carbocycles. The van der Waals surface area contributed by atoms with Crippen LogP contribution in [0, 0.1) is 0 Å². The van der Waals surface area contributed by atoms with E-state index in [1.165, 1.54) is 38.4 Å². The zero-order valence-corrected chi connectivity index (χ0v) is 24.1. The van der Waals surface area contributed by atoms with Crippen LogP contribution in [0.15, 0.2) is 60.8 Å². The summed E-state index contributed by atoms with van der Waals surface area (Å²) in [7, 11) is -1.41. The number of carbonyl (C=O) groups is 2. The molecule has 0 unspecified atom stereocenters. The fourth-order valence-electron chi connectivity index (χ4n) is 3.64. The number of alkyl carbamates (subject to hydrolysis) is 1. The van der Waals surface area contributed by atoms with Crippen LogP contribution < -0.4 is 14.5 Å². The number of halogens is 5. The molecule has 1 aromatic heterocycles. The van der Waals surface area contributed by atoms with Crippen molar-refractivity contribution in [3.8, 4) is 0 Å². The monoisotopic (exact) mass is 632 g/mol. The molecule has 0 fully saturated rings. The predicted octanol–water partition coefficient (Wildman–Crippen LogP) is 5.77. The molecule has 1 N–H and O–H groups in total. The number of amides is 2. The molecule has 0 saturated carbocycles. The largest absolute Gasteiger partial charge is 0.453 e. The summed E-state index contributed by atoms with van der Waals surface area (Å²) in [4.78, 5) is 28.8. The van der Waals surface area contributed by atoms with Gasteiger partial charge < -0.3 is 15.0 Å². The van der Waals surface area contributed by atoms with Crippen LogP contribution in [0.5, 0.6) is 0 Å². The van der Waals surface area contributed by atoms with E-state index < -0.39 is 33.9 Å². The Morgan fingerprint density at radius 3 is 2.27 bits per heavy atom. The lowest BCUT2D eigenvalue weighted by atomic mass is 10.1. The Kier molecular flexibility index (Phi) is 10.5. The molecule has 0 atom stereocenters. The molecule has 0 aliphatic carbocycles. The maximum Gasteiger partial charge on any atom is 0.433 e. The van der Waals surface area contributed by atoms with Gasteiger partial charge in [0.05, 0.1) is 47.0 Å². The van der Waals surface area contributed by atoms with Crippen molar-refractivity contribution in [1.82, 2.24) is 10.3 Å². The SMILES string of the molecule is COC(=O)NCCCS(=O)(=O)N(Cc1cccc(Cl)c1Cl)c1ccc(C(=O)N(C)c2ccc(C(F)(F)F)nc2)cc1. The molecule has 41 heavy (non-hydrogen) atoms. The van der Waals surface area contributed by atoms with Crippen molar-refractivity contribution in [2.45, 2.75) is 19.1 Å². The third-order valence-corrected chi connectivity index (χ3v) is 8.52. The van der Waals surface area contributed by atoms with E-state index in [0.717, 1.165) is 27.5 Å². The van der Waals surface area contributed by atoms with E-state index in [2.05, 4.69) is 15.0 Å². The lowest BCUT2D eigenvalue weighted by Gasteiger charge is -2.26. The van der Waals surface area contributed by atoms with E-state index in [-0.39, 0.29) is 52.2 Å². The summed E-state index contributed by atoms with van der Waals surface area (Å²) in [6.07, 6.45) is -4.29. The molecule has 220 valence electrons. The molecule has 3 rings (SSSR count). The number of benzene rings is 2. The van der Waals surface area contributed by atoms with E-state index >= 15 is 0 Å². The summed E-state index contributed by atoms with van der Waals surface area (Å²) in [6, 6.07) is 12.4. The number of anilines is 2. The van der Waals surface area contributed by atoms with E-state index in [1.54, 1.807) is 18.2 Å². The normalized spacial score (nSPS) is 11.6. The first-order chi connectivity index (χ1) is 19.2. The van der Waals surface area contributed by atoms with Crippen LogP contribution in [0.1, 0.15) is 28.0 Å². The number of nitrogens with zero attached hydrogens (tertiary/aromatic N) is 3. The van der Waals surface area contributed by atoms with Crippen LogP contribution in [0.4, 0.5) is 29.3 Å². The van der Waals surface area contributed by atoms with Crippen LogP contribution in [0.2, 0.25) is 10.0 Å². The number of carbonyl (C=O) groups excluding carboxylic acids is 2. The van der Waals surface area contributed by atoms with Gasteiger partial charge in [-0.2, -0.15) is 13.2 Å². The number of alkyl halides is 3. The molecule has 9 nitrogen and oxygen atoms in total. The average Bonchev–Trinajstić information content (AvgIpc) is 2.94. The van der Waals surface area contributed by atoms with Gasteiger partial charge >= 0.3 is 12.3 Å². The molecular formula is C26H25Cl2F3N4O5S. The van der Waals surface area contributed by atoms with Crippen LogP contribution >= 0.6 is 23.2 Å². The van der Waals surface area contributed by atoms with E-state index in [1.807, 2.05) is 0 Å². The van der Waals surface area contributed by atoms with Crippen molar-refractivity contribution in [1.29, 1.82) is 0 Å². The average molecular weight is 633 g/mol. The quantitative estimate of drug-likeness (QED) is 0.284. The maximum absolute atomic E-state index is 13.4. The summed E-state index contributed by atoms with van der Waals surface area (Å²) in [5.41, 5.74) is -0.153. The number of hydrogen-bond donors (Lipinski definition) is 1. The molecule has 0 bridgehead atoms. The van der Waals surface area contributed by atoms with Gasteiger partial charge in [0, 0.05) is 19.2 Å². The predicted molar refractivity (Wildman–Crippen MR) is 150 cm³/mol. The second-order valence-corrected chi connectivity index (χ2v) is 11.4. The smallest absolute Gasteiger partial charge is 0.433 e. The van der Waals surface area contributed by atoms with Crippen molar-refractivity contribution < 1.29 is 35.9 Å². The van der Waals surface area contributed by atoms with Crippen LogP contribution in [-0.4, -0.2) is 51.9 Å². The fraction of sp³-hybridized carbons (Fsp3) is 0.269. The van der Waals surface area contributed by atoms with Gasteiger partial charge in [-0.05, 0) is 54.4 Å². The van der Waals surface area contributed by atoms with Crippen molar-refractivity contribution in [2.24, 2.45) is 0 Å². The number of sulfonamides is 1. The van der Waals surface area contributed by atoms with Gasteiger partial charge in [-0.1, -0.05) is 35.3 Å². The summed E-state index contributed by atoms with van der Waals surface area (Å²) in [5.74, 6) is -0.890. The first-order valence-electron chi connectivity index (χ1n) is 11.9. The number of ether oxygens (including phenoxy) is 1. The molecular weight excluding hydrogens is 608 g/mol. The second kappa shape index (κ2) is 13.4. The third-order valence-electron chi connectivity index (χ3n) is 5.85. The molecule has 0 spiro atoms. The van der Waals surface area contributed by atoms with Crippen LogP contribution in [0.3, 0.4) is 0 Å². The molecule has 0 aliphatic heterocycles. The Hall–Kier alpha value is -3.55. The van der Waals surface area contributed by atoms with Crippen molar-refractivity contribution in [2.75, 3.05) is 35.7 Å². The Labute approximate surface area is 244 Å². The number of methoxy groups -OCH3 is 1. The molecule has 0 radical (unpaired) electrons. The highest BCUT2D eigenvalue weighted by atomic mass is 35.5. The van der Waals surface area contributed by atoms with E-state index in [4.69, 9.17) is 23.2 Å². The molecule has 3 aromatic rings. The molecule has 0 saturated heterocycles. The van der Waals surface area contributed by atoms with Crippen LogP contribution in [0.25, 0.3) is 0 Å². The summed E-state index contributed by atoms with van der Waals surface area (Å²) in [6.45, 7) is -0.118. The van der Waals surface area contributed by atoms with Gasteiger partial charge in [0.2, 0.25) is 10.0 Å². The Morgan fingerprint density at radius 1 is 1.02 bits per heavy atom. The van der Waals surface area contributed by atoms with E-state index in [9.17, 15) is 31.2 Å². The van der Waals surface area contributed by atoms with Gasteiger partial charge in [-0.25, -0.2) is 18.2 Å². The number of nitrogens with one attached hydrogen (secondary N) is 1. The minimum absolute atomic E-state index is 0.0518. The summed E-state index contributed by atoms with van der Waals surface area (Å²) >= 11 is 12.4. The molecule has 15 heteroatoms.